The van der Waals surface area contributed by atoms with Crippen molar-refractivity contribution in [3.8, 4) is 28.1 Å². The number of hydrogen-bond acceptors (Lipinski definition) is 3. The van der Waals surface area contributed by atoms with Gasteiger partial charge in [-0.2, -0.15) is 0 Å². The molecule has 0 aliphatic heterocycles. The summed E-state index contributed by atoms with van der Waals surface area (Å²) in [5, 5.41) is 4.65. The van der Waals surface area contributed by atoms with Crippen LogP contribution in [0.3, 0.4) is 0 Å². The van der Waals surface area contributed by atoms with Gasteiger partial charge in [0.1, 0.15) is 0 Å². The lowest BCUT2D eigenvalue weighted by molar-refractivity contribution is 1.17. The van der Waals surface area contributed by atoms with Crippen molar-refractivity contribution in [3.05, 3.63) is 194 Å². The Morgan fingerprint density at radius 2 is 1.13 bits per heavy atom. The molecule has 0 unspecified atom stereocenters. The van der Waals surface area contributed by atoms with Gasteiger partial charge in [0.2, 0.25) is 0 Å². The zero-order chi connectivity index (χ0) is 35.3. The molecular weight excluding hydrogens is 645 g/mol. The smallest absolute Gasteiger partial charge is 0.0972 e. The molecule has 0 N–H and O–H groups in total. The average Bonchev–Trinajstić information content (AvgIpc) is 3.55. The van der Waals surface area contributed by atoms with Crippen molar-refractivity contribution in [1.29, 1.82) is 0 Å². The zero-order valence-corrected chi connectivity index (χ0v) is 29.2. The van der Waals surface area contributed by atoms with Crippen LogP contribution in [-0.2, 0) is 0 Å². The van der Waals surface area contributed by atoms with Gasteiger partial charge in [0, 0.05) is 56.1 Å². The number of nitrogens with zero attached hydrogens (tertiary/aromatic N) is 4. The Morgan fingerprint density at radius 3 is 1.89 bits per heavy atom. The zero-order valence-electron chi connectivity index (χ0n) is 29.2. The third-order valence-corrected chi connectivity index (χ3v) is 10.3. The number of aryl methyl sites for hydroxylation is 1. The summed E-state index contributed by atoms with van der Waals surface area (Å²) in [5.74, 6) is 0. The normalized spacial score (nSPS) is 11.5. The molecule has 0 radical (unpaired) electrons. The van der Waals surface area contributed by atoms with E-state index in [9.17, 15) is 0 Å². The molecule has 3 heterocycles. The van der Waals surface area contributed by atoms with Crippen LogP contribution in [0.25, 0.3) is 71.7 Å². The van der Waals surface area contributed by atoms with Crippen molar-refractivity contribution in [3.63, 3.8) is 0 Å². The van der Waals surface area contributed by atoms with Crippen molar-refractivity contribution in [2.45, 2.75) is 6.92 Å². The summed E-state index contributed by atoms with van der Waals surface area (Å²) >= 11 is 0. The summed E-state index contributed by atoms with van der Waals surface area (Å²) in [7, 11) is 0. The molecule has 0 amide bonds. The van der Waals surface area contributed by atoms with Crippen molar-refractivity contribution < 1.29 is 0 Å². The fraction of sp³-hybridized carbons (Fsp3) is 0.0204. The highest BCUT2D eigenvalue weighted by Crippen LogP contribution is 2.40. The molecule has 0 atom stereocenters. The second-order valence-electron chi connectivity index (χ2n) is 13.5. The Morgan fingerprint density at radius 1 is 0.472 bits per heavy atom. The van der Waals surface area contributed by atoms with E-state index in [0.29, 0.717) is 0 Å². The van der Waals surface area contributed by atoms with Crippen molar-refractivity contribution in [1.82, 2.24) is 14.5 Å². The van der Waals surface area contributed by atoms with E-state index >= 15 is 0 Å². The topological polar surface area (TPSA) is 34.0 Å². The van der Waals surface area contributed by atoms with E-state index < -0.39 is 0 Å². The lowest BCUT2D eigenvalue weighted by Crippen LogP contribution is -2.09. The van der Waals surface area contributed by atoms with E-state index in [1.54, 1.807) is 0 Å². The molecule has 250 valence electrons. The number of hydrogen-bond donors (Lipinski definition) is 0. The van der Waals surface area contributed by atoms with Crippen LogP contribution in [0.5, 0.6) is 0 Å². The van der Waals surface area contributed by atoms with Gasteiger partial charge in [-0.25, -0.2) is 4.98 Å². The average molecular weight is 679 g/mol. The first-order valence-corrected chi connectivity index (χ1v) is 18.0. The Bertz CT molecular complexity index is 2910. The van der Waals surface area contributed by atoms with Crippen molar-refractivity contribution in [2.24, 2.45) is 0 Å². The number of rotatable bonds is 6. The van der Waals surface area contributed by atoms with Crippen LogP contribution in [0.2, 0.25) is 0 Å². The van der Waals surface area contributed by atoms with Gasteiger partial charge in [-0.3, -0.25) is 4.98 Å². The van der Waals surface area contributed by atoms with E-state index in [4.69, 9.17) is 4.98 Å². The van der Waals surface area contributed by atoms with Gasteiger partial charge in [0.15, 0.2) is 0 Å². The molecule has 0 saturated heterocycles. The van der Waals surface area contributed by atoms with Gasteiger partial charge in [-0.05, 0) is 96.4 Å². The van der Waals surface area contributed by atoms with E-state index in [1.165, 1.54) is 38.5 Å². The van der Waals surface area contributed by atoms with Crippen LogP contribution in [0, 0.1) is 6.92 Å². The predicted octanol–water partition coefficient (Wildman–Crippen LogP) is 13.0. The standard InChI is InChI=1S/C49H34N4/c1-33-31-40(25-27-42(33)34-18-20-35(21-19-34)45-28-24-37-23-22-36-11-10-30-50-48(36)49(37)51-45)53-46-17-9-8-16-43(46)44-32-41(26-29-47(44)53)52(38-12-4-2-5-13-38)39-14-6-3-7-15-39/h2-32H,1H3. The Balaban J connectivity index is 1.02. The molecule has 4 heteroatoms. The molecule has 3 aromatic heterocycles. The molecule has 0 aliphatic rings. The summed E-state index contributed by atoms with van der Waals surface area (Å²) in [6.45, 7) is 2.21. The van der Waals surface area contributed by atoms with Crippen LogP contribution >= 0.6 is 0 Å². The van der Waals surface area contributed by atoms with E-state index in [0.717, 1.165) is 55.8 Å². The number of fused-ring (bicyclic) bond motifs is 6. The van der Waals surface area contributed by atoms with Crippen molar-refractivity contribution >= 4 is 60.7 Å². The largest absolute Gasteiger partial charge is 0.310 e. The monoisotopic (exact) mass is 678 g/mol. The summed E-state index contributed by atoms with van der Waals surface area (Å²) < 4.78 is 2.40. The van der Waals surface area contributed by atoms with Crippen molar-refractivity contribution in [2.75, 3.05) is 4.90 Å². The van der Waals surface area contributed by atoms with E-state index in [1.807, 2.05) is 12.3 Å². The molecule has 0 saturated carbocycles. The Hall–Kier alpha value is -7.04. The molecule has 7 aromatic carbocycles. The van der Waals surface area contributed by atoms with Gasteiger partial charge < -0.3 is 9.47 Å². The Kier molecular flexibility index (Phi) is 7.33. The molecule has 0 aliphatic carbocycles. The molecule has 0 fully saturated rings. The molecule has 10 aromatic rings. The molecule has 53 heavy (non-hydrogen) atoms. The lowest BCUT2D eigenvalue weighted by atomic mass is 9.98. The predicted molar refractivity (Wildman–Crippen MR) is 222 cm³/mol. The third-order valence-electron chi connectivity index (χ3n) is 10.3. The van der Waals surface area contributed by atoms with Crippen LogP contribution in [0.1, 0.15) is 5.56 Å². The molecule has 10 rings (SSSR count). The second-order valence-corrected chi connectivity index (χ2v) is 13.5. The number of para-hydroxylation sites is 3. The lowest BCUT2D eigenvalue weighted by Gasteiger charge is -2.25. The van der Waals surface area contributed by atoms with Crippen LogP contribution < -0.4 is 4.90 Å². The Labute approximate surface area is 307 Å². The minimum absolute atomic E-state index is 0.933. The van der Waals surface area contributed by atoms with Gasteiger partial charge >= 0.3 is 0 Å². The minimum atomic E-state index is 0.933. The first-order valence-electron chi connectivity index (χ1n) is 18.0. The highest BCUT2D eigenvalue weighted by atomic mass is 15.1. The fourth-order valence-electron chi connectivity index (χ4n) is 7.80. The third kappa shape index (κ3) is 5.31. The SMILES string of the molecule is Cc1cc(-n2c3ccccc3c3cc(N(c4ccccc4)c4ccccc4)ccc32)ccc1-c1ccc(-c2ccc3ccc4cccnc4c3n2)cc1. The van der Waals surface area contributed by atoms with Crippen LogP contribution in [0.15, 0.2) is 188 Å². The summed E-state index contributed by atoms with van der Waals surface area (Å²) in [6.07, 6.45) is 1.84. The molecule has 4 nitrogen and oxygen atoms in total. The van der Waals surface area contributed by atoms with Gasteiger partial charge in [-0.1, -0.05) is 109 Å². The maximum atomic E-state index is 5.06. The van der Waals surface area contributed by atoms with E-state index in [2.05, 4.69) is 197 Å². The first-order chi connectivity index (χ1) is 26.2. The summed E-state index contributed by atoms with van der Waals surface area (Å²) in [6, 6.07) is 64.8. The highest BCUT2D eigenvalue weighted by molar-refractivity contribution is 6.11. The molecule has 0 bridgehead atoms. The summed E-state index contributed by atoms with van der Waals surface area (Å²) in [5.41, 5.74) is 14.4. The maximum absolute atomic E-state index is 5.06. The fourth-order valence-corrected chi connectivity index (χ4v) is 7.80. The van der Waals surface area contributed by atoms with Crippen LogP contribution in [0.4, 0.5) is 17.1 Å². The minimum Gasteiger partial charge on any atom is -0.310 e. The molecular formula is C49H34N4. The van der Waals surface area contributed by atoms with Gasteiger partial charge in [0.05, 0.1) is 27.8 Å². The number of benzene rings is 7. The maximum Gasteiger partial charge on any atom is 0.0972 e. The van der Waals surface area contributed by atoms with E-state index in [-0.39, 0.29) is 0 Å². The number of pyridine rings is 2. The van der Waals surface area contributed by atoms with Gasteiger partial charge in [0.25, 0.3) is 0 Å². The number of aromatic nitrogens is 3. The quantitative estimate of drug-likeness (QED) is 0.164. The highest BCUT2D eigenvalue weighted by Gasteiger charge is 2.18. The molecule has 0 spiro atoms. The summed E-state index contributed by atoms with van der Waals surface area (Å²) in [4.78, 5) is 12.0. The second kappa shape index (κ2) is 12.6. The van der Waals surface area contributed by atoms with Gasteiger partial charge in [-0.15, -0.1) is 0 Å². The van der Waals surface area contributed by atoms with Crippen LogP contribution in [-0.4, -0.2) is 14.5 Å². The number of anilines is 3. The first kappa shape index (κ1) is 30.8.